The number of nitrogens with one attached hydrogen (secondary N) is 2. The van der Waals surface area contributed by atoms with Crippen molar-refractivity contribution in [1.29, 1.82) is 0 Å². The predicted molar refractivity (Wildman–Crippen MR) is 124 cm³/mol. The molecule has 33 heavy (non-hydrogen) atoms. The average molecular weight is 485 g/mol. The molecular weight excluding hydrogens is 466 g/mol. The van der Waals surface area contributed by atoms with E-state index in [9.17, 15) is 14.0 Å². The van der Waals surface area contributed by atoms with Crippen LogP contribution < -0.4 is 15.4 Å². The summed E-state index contributed by atoms with van der Waals surface area (Å²) in [5, 5.41) is 6.85. The lowest BCUT2D eigenvalue weighted by Gasteiger charge is -2.46. The molecule has 168 valence electrons. The molecular formula is C25H19Cl2FN2O3. The molecule has 3 aromatic rings. The lowest BCUT2D eigenvalue weighted by molar-refractivity contribution is -0.131. The molecule has 2 amide bonds. The van der Waals surface area contributed by atoms with E-state index in [0.29, 0.717) is 32.6 Å². The number of piperidine rings is 1. The van der Waals surface area contributed by atoms with Gasteiger partial charge in [-0.15, -0.1) is 0 Å². The van der Waals surface area contributed by atoms with Crippen LogP contribution in [0.15, 0.2) is 60.7 Å². The van der Waals surface area contributed by atoms with Crippen LogP contribution in [0.25, 0.3) is 0 Å². The Bertz CT molecular complexity index is 1300. The quantitative estimate of drug-likeness (QED) is 0.524. The third-order valence-corrected chi connectivity index (χ3v) is 6.98. The third-order valence-electron chi connectivity index (χ3n) is 6.50. The van der Waals surface area contributed by atoms with Gasteiger partial charge in [0.15, 0.2) is 0 Å². The summed E-state index contributed by atoms with van der Waals surface area (Å²) in [5.74, 6) is -1.30. The molecule has 0 bridgehead atoms. The molecule has 8 heteroatoms. The number of hydrogen-bond donors (Lipinski definition) is 2. The monoisotopic (exact) mass is 484 g/mol. The summed E-state index contributed by atoms with van der Waals surface area (Å²) in [6.45, 7) is 0. The van der Waals surface area contributed by atoms with Crippen molar-refractivity contribution >= 4 is 40.7 Å². The summed E-state index contributed by atoms with van der Waals surface area (Å²) in [6, 6.07) is 15.4. The molecule has 0 aromatic heterocycles. The topological polar surface area (TPSA) is 67.4 Å². The number of benzene rings is 3. The van der Waals surface area contributed by atoms with Gasteiger partial charge in [-0.2, -0.15) is 0 Å². The summed E-state index contributed by atoms with van der Waals surface area (Å²) in [6.07, 6.45) is 0.0456. The van der Waals surface area contributed by atoms with Gasteiger partial charge in [0.25, 0.3) is 0 Å². The predicted octanol–water partition coefficient (Wildman–Crippen LogP) is 5.38. The highest BCUT2D eigenvalue weighted by Gasteiger charge is 2.61. The second kappa shape index (κ2) is 8.04. The molecule has 2 aliphatic heterocycles. The molecule has 5 rings (SSSR count). The van der Waals surface area contributed by atoms with Crippen LogP contribution in [0.4, 0.5) is 10.1 Å². The lowest BCUT2D eigenvalue weighted by Crippen LogP contribution is -2.56. The minimum atomic E-state index is -1.29. The zero-order valence-electron chi connectivity index (χ0n) is 17.5. The zero-order valence-corrected chi connectivity index (χ0v) is 19.0. The minimum Gasteiger partial charge on any atom is -0.496 e. The van der Waals surface area contributed by atoms with E-state index >= 15 is 0 Å². The van der Waals surface area contributed by atoms with Gasteiger partial charge in [0, 0.05) is 33.6 Å². The van der Waals surface area contributed by atoms with E-state index in [-0.39, 0.29) is 18.2 Å². The molecule has 0 unspecified atom stereocenters. The number of carbonyl (C=O) groups is 2. The van der Waals surface area contributed by atoms with E-state index < -0.39 is 23.2 Å². The van der Waals surface area contributed by atoms with Crippen LogP contribution in [0.3, 0.4) is 0 Å². The molecule has 1 spiro atoms. The van der Waals surface area contributed by atoms with E-state index in [2.05, 4.69) is 10.6 Å². The van der Waals surface area contributed by atoms with Crippen LogP contribution in [0.2, 0.25) is 10.0 Å². The molecule has 2 aliphatic rings. The largest absolute Gasteiger partial charge is 0.496 e. The highest BCUT2D eigenvalue weighted by Crippen LogP contribution is 2.58. The Morgan fingerprint density at radius 2 is 1.82 bits per heavy atom. The molecule has 0 radical (unpaired) electrons. The Hall–Kier alpha value is -3.09. The summed E-state index contributed by atoms with van der Waals surface area (Å²) < 4.78 is 19.9. The van der Waals surface area contributed by atoms with E-state index in [4.69, 9.17) is 27.9 Å². The van der Waals surface area contributed by atoms with Gasteiger partial charge in [0.1, 0.15) is 17.0 Å². The average Bonchev–Trinajstić information content (AvgIpc) is 3.06. The van der Waals surface area contributed by atoms with Crippen molar-refractivity contribution in [2.45, 2.75) is 23.8 Å². The van der Waals surface area contributed by atoms with Gasteiger partial charge in [-0.1, -0.05) is 41.4 Å². The fourth-order valence-corrected chi connectivity index (χ4v) is 5.57. The van der Waals surface area contributed by atoms with Crippen molar-refractivity contribution in [3.8, 4) is 5.75 Å². The van der Waals surface area contributed by atoms with E-state index in [1.54, 1.807) is 36.4 Å². The standard InChI is InChI=1S/C25H19Cl2FN2O3/c1-33-21-8-6-16(28)11-17(21)23-25(18-7-5-15(27)10-20(18)29-24(25)32)19(12-22(31)30-23)13-3-2-4-14(26)9-13/h2-11,19,23H,12H2,1H3,(H,29,32)(H,30,31)/t19-,23+,25-/m0/s1. The Balaban J connectivity index is 1.84. The van der Waals surface area contributed by atoms with Crippen LogP contribution in [0.5, 0.6) is 5.75 Å². The van der Waals surface area contributed by atoms with Gasteiger partial charge in [0.2, 0.25) is 11.8 Å². The highest BCUT2D eigenvalue weighted by atomic mass is 35.5. The Kier molecular flexibility index (Phi) is 5.30. The maximum absolute atomic E-state index is 14.4. The van der Waals surface area contributed by atoms with Crippen molar-refractivity contribution in [3.05, 3.63) is 93.2 Å². The van der Waals surface area contributed by atoms with Crippen molar-refractivity contribution in [2.24, 2.45) is 0 Å². The fourth-order valence-electron chi connectivity index (χ4n) is 5.20. The SMILES string of the molecule is COc1ccc(F)cc1[C@H]1NC(=O)C[C@@H](c2cccc(Cl)c2)[C@]12C(=O)Nc1cc(Cl)ccc12. The Morgan fingerprint density at radius 1 is 1.03 bits per heavy atom. The zero-order chi connectivity index (χ0) is 23.3. The fraction of sp³-hybridized carbons (Fsp3) is 0.200. The number of carbonyl (C=O) groups excluding carboxylic acids is 2. The lowest BCUT2D eigenvalue weighted by atomic mass is 9.59. The van der Waals surface area contributed by atoms with Gasteiger partial charge in [-0.3, -0.25) is 9.59 Å². The van der Waals surface area contributed by atoms with Crippen LogP contribution in [-0.2, 0) is 15.0 Å². The summed E-state index contributed by atoms with van der Waals surface area (Å²) in [5.41, 5.74) is 1.03. The van der Waals surface area contributed by atoms with E-state index in [1.807, 2.05) is 6.07 Å². The van der Waals surface area contributed by atoms with Gasteiger partial charge >= 0.3 is 0 Å². The summed E-state index contributed by atoms with van der Waals surface area (Å²) >= 11 is 12.5. The van der Waals surface area contributed by atoms with Crippen molar-refractivity contribution in [3.63, 3.8) is 0 Å². The number of hydrogen-bond acceptors (Lipinski definition) is 3. The number of amides is 2. The van der Waals surface area contributed by atoms with Gasteiger partial charge < -0.3 is 15.4 Å². The molecule has 0 aliphatic carbocycles. The van der Waals surface area contributed by atoms with Crippen LogP contribution in [0.1, 0.15) is 35.1 Å². The maximum atomic E-state index is 14.4. The number of halogens is 3. The molecule has 1 fully saturated rings. The van der Waals surface area contributed by atoms with Gasteiger partial charge in [-0.05, 0) is 53.6 Å². The second-order valence-electron chi connectivity index (χ2n) is 8.21. The van der Waals surface area contributed by atoms with Crippen molar-refractivity contribution < 1.29 is 18.7 Å². The summed E-state index contributed by atoms with van der Waals surface area (Å²) in [4.78, 5) is 26.9. The maximum Gasteiger partial charge on any atom is 0.238 e. The van der Waals surface area contributed by atoms with Crippen LogP contribution >= 0.6 is 23.2 Å². The molecule has 5 nitrogen and oxygen atoms in total. The number of anilines is 1. The van der Waals surface area contributed by atoms with Gasteiger partial charge in [-0.25, -0.2) is 4.39 Å². The molecule has 2 heterocycles. The smallest absolute Gasteiger partial charge is 0.238 e. The normalized spacial score (nSPS) is 23.8. The first-order valence-corrected chi connectivity index (χ1v) is 11.1. The molecule has 3 atom stereocenters. The number of methoxy groups -OCH3 is 1. The highest BCUT2D eigenvalue weighted by molar-refractivity contribution is 6.31. The Labute approximate surface area is 199 Å². The molecule has 1 saturated heterocycles. The van der Waals surface area contributed by atoms with E-state index in [0.717, 1.165) is 5.56 Å². The Morgan fingerprint density at radius 3 is 2.58 bits per heavy atom. The number of fused-ring (bicyclic) bond motifs is 2. The van der Waals surface area contributed by atoms with Crippen molar-refractivity contribution in [2.75, 3.05) is 12.4 Å². The minimum absolute atomic E-state index is 0.0456. The van der Waals surface area contributed by atoms with Gasteiger partial charge in [0.05, 0.1) is 13.2 Å². The molecule has 2 N–H and O–H groups in total. The second-order valence-corrected chi connectivity index (χ2v) is 9.08. The van der Waals surface area contributed by atoms with Crippen LogP contribution in [-0.4, -0.2) is 18.9 Å². The third kappa shape index (κ3) is 3.36. The first kappa shape index (κ1) is 21.7. The van der Waals surface area contributed by atoms with Crippen LogP contribution in [0, 0.1) is 5.82 Å². The first-order valence-electron chi connectivity index (χ1n) is 10.3. The van der Waals surface area contributed by atoms with E-state index in [1.165, 1.54) is 25.3 Å². The summed E-state index contributed by atoms with van der Waals surface area (Å²) in [7, 11) is 1.46. The van der Waals surface area contributed by atoms with Crippen molar-refractivity contribution in [1.82, 2.24) is 5.32 Å². The molecule has 0 saturated carbocycles. The molecule has 3 aromatic carbocycles. The number of rotatable bonds is 3. The number of ether oxygens (including phenoxy) is 1. The first-order chi connectivity index (χ1) is 15.8.